The molecule has 0 aliphatic carbocycles. The van der Waals surface area contributed by atoms with Crippen molar-refractivity contribution in [3.05, 3.63) is 59.1 Å². The van der Waals surface area contributed by atoms with E-state index < -0.39 is 0 Å². The lowest BCUT2D eigenvalue weighted by atomic mass is 10.1. The van der Waals surface area contributed by atoms with Gasteiger partial charge in [-0.25, -0.2) is 0 Å². The monoisotopic (exact) mass is 304 g/mol. The van der Waals surface area contributed by atoms with Gasteiger partial charge in [-0.05, 0) is 48.4 Å². The number of benzene rings is 2. The van der Waals surface area contributed by atoms with Gasteiger partial charge in [0.05, 0.1) is 7.11 Å². The van der Waals surface area contributed by atoms with Gasteiger partial charge in [-0.3, -0.25) is 4.79 Å². The molecule has 0 fully saturated rings. The summed E-state index contributed by atoms with van der Waals surface area (Å²) in [6.07, 6.45) is 1.16. The molecule has 2 rings (SSSR count). The fraction of sp³-hybridized carbons (Fsp3) is 0.235. The smallest absolute Gasteiger partial charge is 0.170 e. The molecule has 0 saturated heterocycles. The SMILES string of the molecule is COc1ccc(CCC(=O)COc2ccc(Cl)cc2)cc1. The highest BCUT2D eigenvalue weighted by molar-refractivity contribution is 6.30. The van der Waals surface area contributed by atoms with Crippen LogP contribution in [-0.2, 0) is 11.2 Å². The summed E-state index contributed by atoms with van der Waals surface area (Å²) in [6.45, 7) is 0.0811. The molecule has 0 atom stereocenters. The summed E-state index contributed by atoms with van der Waals surface area (Å²) in [4.78, 5) is 11.8. The minimum Gasteiger partial charge on any atom is -0.497 e. The van der Waals surface area contributed by atoms with E-state index in [1.165, 1.54) is 0 Å². The number of ketones is 1. The summed E-state index contributed by atoms with van der Waals surface area (Å²) in [7, 11) is 1.63. The second kappa shape index (κ2) is 7.70. The Kier molecular flexibility index (Phi) is 5.64. The first kappa shape index (κ1) is 15.4. The minimum atomic E-state index is 0.0702. The first-order valence-electron chi connectivity index (χ1n) is 6.70. The number of carbonyl (C=O) groups is 1. The Balaban J connectivity index is 1.75. The predicted molar refractivity (Wildman–Crippen MR) is 83.3 cm³/mol. The first-order valence-corrected chi connectivity index (χ1v) is 7.08. The van der Waals surface area contributed by atoms with Crippen molar-refractivity contribution in [3.63, 3.8) is 0 Å². The summed E-state index contributed by atoms with van der Waals surface area (Å²) in [5, 5.41) is 0.646. The van der Waals surface area contributed by atoms with Crippen LogP contribution in [0.1, 0.15) is 12.0 Å². The Morgan fingerprint density at radius 1 is 1.00 bits per heavy atom. The molecule has 21 heavy (non-hydrogen) atoms. The molecule has 0 saturated carbocycles. The van der Waals surface area contributed by atoms with Crippen molar-refractivity contribution in [1.82, 2.24) is 0 Å². The normalized spacial score (nSPS) is 10.2. The van der Waals surface area contributed by atoms with Crippen LogP contribution >= 0.6 is 11.6 Å². The third kappa shape index (κ3) is 5.12. The maximum absolute atomic E-state index is 11.8. The van der Waals surface area contributed by atoms with Crippen LogP contribution in [0.4, 0.5) is 0 Å². The van der Waals surface area contributed by atoms with Crippen LogP contribution < -0.4 is 9.47 Å². The van der Waals surface area contributed by atoms with Crippen molar-refractivity contribution < 1.29 is 14.3 Å². The van der Waals surface area contributed by atoms with Gasteiger partial charge in [-0.15, -0.1) is 0 Å². The maximum atomic E-state index is 11.8. The number of hydrogen-bond donors (Lipinski definition) is 0. The molecule has 0 aliphatic rings. The molecule has 0 unspecified atom stereocenters. The summed E-state index contributed by atoms with van der Waals surface area (Å²) >= 11 is 5.78. The lowest BCUT2D eigenvalue weighted by molar-refractivity contribution is -0.121. The highest BCUT2D eigenvalue weighted by Crippen LogP contribution is 2.16. The number of hydrogen-bond acceptors (Lipinski definition) is 3. The van der Waals surface area contributed by atoms with E-state index in [9.17, 15) is 4.79 Å². The van der Waals surface area contributed by atoms with Crippen molar-refractivity contribution in [2.75, 3.05) is 13.7 Å². The Morgan fingerprint density at radius 3 is 2.24 bits per heavy atom. The second-order valence-electron chi connectivity index (χ2n) is 4.63. The Hall–Kier alpha value is -2.00. The molecule has 0 heterocycles. The van der Waals surface area contributed by atoms with Gasteiger partial charge >= 0.3 is 0 Å². The molecular formula is C17H17ClO3. The second-order valence-corrected chi connectivity index (χ2v) is 5.07. The number of carbonyl (C=O) groups excluding carboxylic acids is 1. The molecule has 0 aliphatic heterocycles. The van der Waals surface area contributed by atoms with Gasteiger partial charge in [0.15, 0.2) is 5.78 Å². The third-order valence-electron chi connectivity index (χ3n) is 3.07. The molecule has 2 aromatic carbocycles. The molecule has 0 radical (unpaired) electrons. The quantitative estimate of drug-likeness (QED) is 0.777. The molecule has 0 bridgehead atoms. The lowest BCUT2D eigenvalue weighted by Gasteiger charge is -2.06. The fourth-order valence-corrected chi connectivity index (χ4v) is 1.97. The number of halogens is 1. The average Bonchev–Trinajstić information content (AvgIpc) is 2.53. The van der Waals surface area contributed by atoms with Crippen molar-refractivity contribution in [2.24, 2.45) is 0 Å². The van der Waals surface area contributed by atoms with E-state index in [1.807, 2.05) is 24.3 Å². The van der Waals surface area contributed by atoms with E-state index in [1.54, 1.807) is 31.4 Å². The molecule has 0 aromatic heterocycles. The van der Waals surface area contributed by atoms with Crippen LogP contribution in [0.15, 0.2) is 48.5 Å². The largest absolute Gasteiger partial charge is 0.497 e. The van der Waals surface area contributed by atoms with Crippen molar-refractivity contribution in [1.29, 1.82) is 0 Å². The summed E-state index contributed by atoms with van der Waals surface area (Å²) in [6, 6.07) is 14.7. The van der Waals surface area contributed by atoms with Crippen molar-refractivity contribution >= 4 is 17.4 Å². The number of ether oxygens (including phenoxy) is 2. The average molecular weight is 305 g/mol. The molecule has 3 nitrogen and oxygen atoms in total. The van der Waals surface area contributed by atoms with Crippen molar-refractivity contribution in [2.45, 2.75) is 12.8 Å². The molecule has 0 amide bonds. The van der Waals surface area contributed by atoms with E-state index in [4.69, 9.17) is 21.1 Å². The summed E-state index contributed by atoms with van der Waals surface area (Å²) in [5.74, 6) is 1.54. The number of aryl methyl sites for hydroxylation is 1. The van der Waals surface area contributed by atoms with E-state index in [-0.39, 0.29) is 12.4 Å². The number of methoxy groups -OCH3 is 1. The van der Waals surface area contributed by atoms with Crippen molar-refractivity contribution in [3.8, 4) is 11.5 Å². The Morgan fingerprint density at radius 2 is 1.62 bits per heavy atom. The number of Topliss-reactive ketones (excluding diaryl/α,β-unsaturated/α-hetero) is 1. The van der Waals surface area contributed by atoms with Crippen LogP contribution in [0.2, 0.25) is 5.02 Å². The summed E-state index contributed by atoms with van der Waals surface area (Å²) in [5.41, 5.74) is 1.11. The van der Waals surface area contributed by atoms with Gasteiger partial charge in [-0.2, -0.15) is 0 Å². The molecule has 110 valence electrons. The zero-order chi connectivity index (χ0) is 15.1. The Bertz CT molecular complexity index is 576. The highest BCUT2D eigenvalue weighted by atomic mass is 35.5. The van der Waals surface area contributed by atoms with E-state index in [2.05, 4.69) is 0 Å². The zero-order valence-corrected chi connectivity index (χ0v) is 12.6. The van der Waals surface area contributed by atoms with Gasteiger partial charge in [-0.1, -0.05) is 23.7 Å². The lowest BCUT2D eigenvalue weighted by Crippen LogP contribution is -2.11. The predicted octanol–water partition coefficient (Wildman–Crippen LogP) is 3.93. The number of rotatable bonds is 7. The molecule has 0 spiro atoms. The van der Waals surface area contributed by atoms with Crippen LogP contribution in [0.25, 0.3) is 0 Å². The van der Waals surface area contributed by atoms with Gasteiger partial charge in [0, 0.05) is 11.4 Å². The van der Waals surface area contributed by atoms with E-state index in [0.29, 0.717) is 23.6 Å². The fourth-order valence-electron chi connectivity index (χ4n) is 1.84. The Labute approximate surface area is 129 Å². The minimum absolute atomic E-state index is 0.0702. The molecule has 0 N–H and O–H groups in total. The first-order chi connectivity index (χ1) is 10.2. The van der Waals surface area contributed by atoms with Crippen LogP contribution in [0.5, 0.6) is 11.5 Å². The zero-order valence-electron chi connectivity index (χ0n) is 11.8. The molecule has 2 aromatic rings. The molecular weight excluding hydrogens is 288 g/mol. The highest BCUT2D eigenvalue weighted by Gasteiger charge is 2.04. The van der Waals surface area contributed by atoms with Crippen LogP contribution in [0.3, 0.4) is 0 Å². The van der Waals surface area contributed by atoms with Gasteiger partial charge < -0.3 is 9.47 Å². The van der Waals surface area contributed by atoms with Gasteiger partial charge in [0.1, 0.15) is 18.1 Å². The van der Waals surface area contributed by atoms with Gasteiger partial charge in [0.2, 0.25) is 0 Å². The van der Waals surface area contributed by atoms with Crippen LogP contribution in [0, 0.1) is 0 Å². The van der Waals surface area contributed by atoms with E-state index in [0.717, 1.165) is 11.3 Å². The standard InChI is InChI=1S/C17H17ClO3/c1-20-16-8-3-13(4-9-16)2-7-15(19)12-21-17-10-5-14(18)6-11-17/h3-6,8-11H,2,7,12H2,1H3. The third-order valence-corrected chi connectivity index (χ3v) is 3.32. The summed E-state index contributed by atoms with van der Waals surface area (Å²) < 4.78 is 10.5. The van der Waals surface area contributed by atoms with Gasteiger partial charge in [0.25, 0.3) is 0 Å². The molecule has 4 heteroatoms. The van der Waals surface area contributed by atoms with E-state index >= 15 is 0 Å². The topological polar surface area (TPSA) is 35.5 Å². The van der Waals surface area contributed by atoms with Crippen LogP contribution in [-0.4, -0.2) is 19.5 Å². The maximum Gasteiger partial charge on any atom is 0.170 e.